The Morgan fingerprint density at radius 2 is 1.93 bits per heavy atom. The molecule has 2 aliphatic heterocycles. The van der Waals surface area contributed by atoms with Crippen LogP contribution in [0.4, 0.5) is 5.69 Å². The molecule has 156 valence electrons. The Balaban J connectivity index is 1.38. The van der Waals surface area contributed by atoms with Crippen LogP contribution in [-0.4, -0.2) is 76.8 Å². The van der Waals surface area contributed by atoms with Crippen LogP contribution in [0.5, 0.6) is 0 Å². The molecule has 0 spiro atoms. The maximum Gasteiger partial charge on any atom is 0.224 e. The van der Waals surface area contributed by atoms with Crippen LogP contribution in [0.1, 0.15) is 35.8 Å². The van der Waals surface area contributed by atoms with Crippen LogP contribution >= 0.6 is 0 Å². The Morgan fingerprint density at radius 3 is 2.66 bits per heavy atom. The molecule has 0 saturated carbocycles. The minimum Gasteiger partial charge on any atom is -0.369 e. The first-order chi connectivity index (χ1) is 14.0. The number of pyridine rings is 1. The molecule has 0 bridgehead atoms. The summed E-state index contributed by atoms with van der Waals surface area (Å²) in [6.07, 6.45) is 3.28. The topological polar surface area (TPSA) is 57.5 Å². The number of carbonyl (C=O) groups excluding carboxylic acids is 1. The van der Waals surface area contributed by atoms with Gasteiger partial charge in [-0.3, -0.25) is 14.5 Å². The van der Waals surface area contributed by atoms with Gasteiger partial charge < -0.3 is 14.7 Å². The maximum atomic E-state index is 12.7. The lowest BCUT2D eigenvalue weighted by atomic mass is 10.0. The van der Waals surface area contributed by atoms with E-state index in [2.05, 4.69) is 41.0 Å². The van der Waals surface area contributed by atoms with Crippen molar-refractivity contribution >= 4 is 11.6 Å². The van der Waals surface area contributed by atoms with Gasteiger partial charge >= 0.3 is 0 Å². The van der Waals surface area contributed by atoms with Crippen molar-refractivity contribution in [3.63, 3.8) is 0 Å². The highest BCUT2D eigenvalue weighted by Gasteiger charge is 2.29. The zero-order valence-corrected chi connectivity index (χ0v) is 17.8. The van der Waals surface area contributed by atoms with Crippen LogP contribution in [-0.2, 0) is 11.3 Å². The Kier molecular flexibility index (Phi) is 5.85. The Bertz CT molecular complexity index is 855. The molecule has 0 aliphatic carbocycles. The molecular formula is C22H32N6O. The van der Waals surface area contributed by atoms with E-state index in [4.69, 9.17) is 4.98 Å². The van der Waals surface area contributed by atoms with Crippen molar-refractivity contribution in [1.29, 1.82) is 0 Å². The van der Waals surface area contributed by atoms with Gasteiger partial charge in [-0.05, 0) is 45.5 Å². The highest BCUT2D eigenvalue weighted by atomic mass is 16.2. The van der Waals surface area contributed by atoms with E-state index in [1.807, 2.05) is 22.6 Å². The first kappa shape index (κ1) is 19.9. The number of anilines is 1. The summed E-state index contributed by atoms with van der Waals surface area (Å²) in [6, 6.07) is 6.42. The van der Waals surface area contributed by atoms with E-state index in [1.165, 1.54) is 5.69 Å². The molecule has 2 fully saturated rings. The number of rotatable bonds is 5. The third-order valence-corrected chi connectivity index (χ3v) is 6.25. The molecule has 2 aliphatic rings. The summed E-state index contributed by atoms with van der Waals surface area (Å²) in [5, 5.41) is 4.27. The Hall–Kier alpha value is -2.41. The summed E-state index contributed by atoms with van der Waals surface area (Å²) in [6.45, 7) is 10.6. The largest absolute Gasteiger partial charge is 0.369 e. The van der Waals surface area contributed by atoms with E-state index in [0.29, 0.717) is 18.9 Å². The van der Waals surface area contributed by atoms with Crippen LogP contribution in [0.15, 0.2) is 24.4 Å². The van der Waals surface area contributed by atoms with Gasteiger partial charge in [0.25, 0.3) is 0 Å². The minimum absolute atomic E-state index is 0.217. The number of piperazine rings is 1. The normalized spacial score (nSPS) is 20.4. The SMILES string of the molecule is Cc1cc(N2CCN(C)CC2)cc([C@H]2CCN(C(=O)CCn3nccc3C)C2)n1. The second-order valence-corrected chi connectivity index (χ2v) is 8.45. The molecule has 7 heteroatoms. The lowest BCUT2D eigenvalue weighted by molar-refractivity contribution is -0.130. The van der Waals surface area contributed by atoms with Gasteiger partial charge in [0.1, 0.15) is 0 Å². The lowest BCUT2D eigenvalue weighted by Crippen LogP contribution is -2.44. The molecule has 0 N–H and O–H groups in total. The average Bonchev–Trinajstić information content (AvgIpc) is 3.35. The third kappa shape index (κ3) is 4.61. The molecule has 0 radical (unpaired) electrons. The van der Waals surface area contributed by atoms with E-state index in [-0.39, 0.29) is 5.91 Å². The summed E-state index contributed by atoms with van der Waals surface area (Å²) in [5.41, 5.74) is 4.57. The van der Waals surface area contributed by atoms with Crippen molar-refractivity contribution in [2.24, 2.45) is 0 Å². The van der Waals surface area contributed by atoms with E-state index in [9.17, 15) is 4.79 Å². The molecule has 1 atom stereocenters. The van der Waals surface area contributed by atoms with Gasteiger partial charge in [-0.25, -0.2) is 0 Å². The summed E-state index contributed by atoms with van der Waals surface area (Å²) in [5.74, 6) is 0.547. The van der Waals surface area contributed by atoms with Crippen molar-refractivity contribution < 1.29 is 4.79 Å². The van der Waals surface area contributed by atoms with Gasteiger partial charge in [-0.1, -0.05) is 0 Å². The van der Waals surface area contributed by atoms with Gasteiger partial charge in [-0.15, -0.1) is 0 Å². The fourth-order valence-corrected chi connectivity index (χ4v) is 4.35. The van der Waals surface area contributed by atoms with Crippen molar-refractivity contribution in [2.45, 2.75) is 39.2 Å². The highest BCUT2D eigenvalue weighted by molar-refractivity contribution is 5.76. The molecule has 1 amide bonds. The van der Waals surface area contributed by atoms with Crippen LogP contribution in [0.2, 0.25) is 0 Å². The number of amides is 1. The summed E-state index contributed by atoms with van der Waals surface area (Å²) in [7, 11) is 2.18. The van der Waals surface area contributed by atoms with E-state index >= 15 is 0 Å². The molecule has 0 aromatic carbocycles. The first-order valence-corrected chi connectivity index (χ1v) is 10.7. The Morgan fingerprint density at radius 1 is 1.14 bits per heavy atom. The summed E-state index contributed by atoms with van der Waals surface area (Å²) in [4.78, 5) is 24.4. The standard InChI is InChI=1S/C22H32N6O/c1-17-14-20(26-12-10-25(3)11-13-26)15-21(24-17)19-5-8-27(16-19)22(29)6-9-28-18(2)4-7-23-28/h4,7,14-15,19H,5-6,8-13,16H2,1-3H3/t19-/m0/s1. The van der Waals surface area contributed by atoms with Gasteiger partial charge in [0.15, 0.2) is 0 Å². The lowest BCUT2D eigenvalue weighted by Gasteiger charge is -2.34. The smallest absolute Gasteiger partial charge is 0.224 e. The number of nitrogens with zero attached hydrogens (tertiary/aromatic N) is 6. The maximum absolute atomic E-state index is 12.7. The van der Waals surface area contributed by atoms with Crippen LogP contribution in [0.3, 0.4) is 0 Å². The number of aryl methyl sites for hydroxylation is 3. The molecule has 4 heterocycles. The average molecular weight is 397 g/mol. The molecule has 4 rings (SSSR count). The molecule has 29 heavy (non-hydrogen) atoms. The Labute approximate surface area is 173 Å². The summed E-state index contributed by atoms with van der Waals surface area (Å²) < 4.78 is 1.90. The van der Waals surface area contributed by atoms with Crippen molar-refractivity contribution in [3.05, 3.63) is 41.5 Å². The van der Waals surface area contributed by atoms with Gasteiger partial charge in [0.05, 0.1) is 0 Å². The number of aromatic nitrogens is 3. The molecular weight excluding hydrogens is 364 g/mol. The molecule has 2 aromatic heterocycles. The quantitative estimate of drug-likeness (QED) is 0.774. The second kappa shape index (κ2) is 8.53. The zero-order valence-electron chi connectivity index (χ0n) is 17.8. The van der Waals surface area contributed by atoms with Gasteiger partial charge in [0.2, 0.25) is 5.91 Å². The zero-order chi connectivity index (χ0) is 20.4. The number of hydrogen-bond acceptors (Lipinski definition) is 5. The number of hydrogen-bond donors (Lipinski definition) is 0. The first-order valence-electron chi connectivity index (χ1n) is 10.7. The number of likely N-dealkylation sites (tertiary alicyclic amines) is 1. The number of likely N-dealkylation sites (N-methyl/N-ethyl adjacent to an activating group) is 1. The molecule has 7 nitrogen and oxygen atoms in total. The van der Waals surface area contributed by atoms with Crippen molar-refractivity contribution in [1.82, 2.24) is 24.6 Å². The van der Waals surface area contributed by atoms with E-state index < -0.39 is 0 Å². The van der Waals surface area contributed by atoms with E-state index in [0.717, 1.165) is 62.8 Å². The number of carbonyl (C=O) groups is 1. The van der Waals surface area contributed by atoms with Gasteiger partial charge in [-0.2, -0.15) is 5.10 Å². The fraction of sp³-hybridized carbons (Fsp3) is 0.591. The van der Waals surface area contributed by atoms with E-state index in [1.54, 1.807) is 6.20 Å². The predicted molar refractivity (Wildman–Crippen MR) is 114 cm³/mol. The predicted octanol–water partition coefficient (Wildman–Crippen LogP) is 2.05. The van der Waals surface area contributed by atoms with Crippen molar-refractivity contribution in [3.8, 4) is 0 Å². The monoisotopic (exact) mass is 396 g/mol. The molecule has 2 aromatic rings. The van der Waals surface area contributed by atoms with Crippen LogP contribution in [0, 0.1) is 13.8 Å². The minimum atomic E-state index is 0.217. The highest BCUT2D eigenvalue weighted by Crippen LogP contribution is 2.29. The molecule has 2 saturated heterocycles. The fourth-order valence-electron chi connectivity index (χ4n) is 4.35. The third-order valence-electron chi connectivity index (χ3n) is 6.25. The van der Waals surface area contributed by atoms with Crippen LogP contribution in [0.25, 0.3) is 0 Å². The second-order valence-electron chi connectivity index (χ2n) is 8.45. The summed E-state index contributed by atoms with van der Waals surface area (Å²) >= 11 is 0. The van der Waals surface area contributed by atoms with Gasteiger partial charge in [0, 0.05) is 87.1 Å². The van der Waals surface area contributed by atoms with Crippen LogP contribution < -0.4 is 4.90 Å². The molecule has 0 unspecified atom stereocenters. The van der Waals surface area contributed by atoms with Crippen molar-refractivity contribution in [2.75, 3.05) is 51.2 Å².